The summed E-state index contributed by atoms with van der Waals surface area (Å²) in [6.07, 6.45) is 15.2. The fourth-order valence-corrected chi connectivity index (χ4v) is 6.73. The van der Waals surface area contributed by atoms with Crippen LogP contribution in [0.2, 0.25) is 0 Å². The maximum atomic E-state index is 10.1. The third-order valence-electron chi connectivity index (χ3n) is 8.43. The fraction of sp³-hybridized carbons (Fsp3) is 0.778. The van der Waals surface area contributed by atoms with Crippen molar-refractivity contribution >= 4 is 0 Å². The number of fused-ring (bicyclic) bond motifs is 1. The Morgan fingerprint density at radius 3 is 2.62 bits per heavy atom. The Kier molecular flexibility index (Phi) is 7.49. The van der Waals surface area contributed by atoms with Gasteiger partial charge in [0.1, 0.15) is 0 Å². The molecular formula is C27H44O2. The summed E-state index contributed by atoms with van der Waals surface area (Å²) in [5, 5.41) is 20.2. The lowest BCUT2D eigenvalue weighted by atomic mass is 9.60. The van der Waals surface area contributed by atoms with E-state index in [1.165, 1.54) is 51.4 Å². The lowest BCUT2D eigenvalue weighted by molar-refractivity contribution is 0.0861. The smallest absolute Gasteiger partial charge is 0.0811 e. The van der Waals surface area contributed by atoms with Crippen molar-refractivity contribution < 1.29 is 10.2 Å². The van der Waals surface area contributed by atoms with Crippen molar-refractivity contribution in [3.63, 3.8) is 0 Å². The van der Waals surface area contributed by atoms with Crippen LogP contribution in [-0.2, 0) is 0 Å². The SMILES string of the molecule is C=C1/C(=C\C=C2/CCC[C@]3(C)[C@@H]2CC[C@@H]3[C@H](C)CCCC(C)C)C[C@@H](O)C[C@H]1O. The van der Waals surface area contributed by atoms with E-state index in [-0.39, 0.29) is 0 Å². The van der Waals surface area contributed by atoms with Gasteiger partial charge in [-0.05, 0) is 78.8 Å². The molecule has 0 saturated heterocycles. The van der Waals surface area contributed by atoms with E-state index in [1.54, 1.807) is 5.57 Å². The molecule has 0 bridgehead atoms. The van der Waals surface area contributed by atoms with Gasteiger partial charge < -0.3 is 10.2 Å². The average Bonchev–Trinajstić information content (AvgIpc) is 3.00. The van der Waals surface area contributed by atoms with Crippen molar-refractivity contribution in [2.45, 2.75) is 104 Å². The second-order valence-electron chi connectivity index (χ2n) is 11.0. The quantitative estimate of drug-likeness (QED) is 0.528. The molecule has 2 heteroatoms. The van der Waals surface area contributed by atoms with Crippen molar-refractivity contribution in [1.29, 1.82) is 0 Å². The van der Waals surface area contributed by atoms with Gasteiger partial charge in [0.2, 0.25) is 0 Å². The molecule has 0 amide bonds. The number of allylic oxidation sites excluding steroid dienone is 3. The Labute approximate surface area is 179 Å². The first-order chi connectivity index (χ1) is 13.7. The zero-order chi connectivity index (χ0) is 21.2. The maximum Gasteiger partial charge on any atom is 0.0811 e. The topological polar surface area (TPSA) is 40.5 Å². The van der Waals surface area contributed by atoms with Crippen molar-refractivity contribution in [2.24, 2.45) is 29.1 Å². The first-order valence-electron chi connectivity index (χ1n) is 12.2. The standard InChI is InChI=1S/C27H44O2/c1-18(2)8-6-9-19(3)24-13-14-25-21(10-7-15-27(24,25)5)11-12-22-16-23(28)17-26(29)20(22)4/h11-12,18-19,23-26,28-29H,4,6-10,13-17H2,1-3,5H3/b21-11+,22-12-/t19-,23-,24-,25-,26-,27+/m1/s1. The van der Waals surface area contributed by atoms with E-state index in [0.717, 1.165) is 28.9 Å². The van der Waals surface area contributed by atoms with Crippen molar-refractivity contribution in [3.8, 4) is 0 Å². The van der Waals surface area contributed by atoms with E-state index in [2.05, 4.69) is 46.4 Å². The van der Waals surface area contributed by atoms with Crippen LogP contribution in [0, 0.1) is 29.1 Å². The molecule has 3 fully saturated rings. The van der Waals surface area contributed by atoms with E-state index in [0.29, 0.717) is 24.2 Å². The van der Waals surface area contributed by atoms with Crippen LogP contribution >= 0.6 is 0 Å². The number of rotatable bonds is 6. The van der Waals surface area contributed by atoms with Crippen LogP contribution in [0.1, 0.15) is 91.9 Å². The van der Waals surface area contributed by atoms with Crippen molar-refractivity contribution in [2.75, 3.05) is 0 Å². The molecule has 2 N–H and O–H groups in total. The molecule has 0 aromatic carbocycles. The molecule has 0 aromatic rings. The second-order valence-corrected chi connectivity index (χ2v) is 11.0. The third-order valence-corrected chi connectivity index (χ3v) is 8.43. The van der Waals surface area contributed by atoms with E-state index >= 15 is 0 Å². The Bertz CT molecular complexity index is 643. The van der Waals surface area contributed by atoms with E-state index in [9.17, 15) is 10.2 Å². The largest absolute Gasteiger partial charge is 0.393 e. The van der Waals surface area contributed by atoms with E-state index in [4.69, 9.17) is 0 Å². The Morgan fingerprint density at radius 1 is 1.14 bits per heavy atom. The minimum Gasteiger partial charge on any atom is -0.393 e. The summed E-state index contributed by atoms with van der Waals surface area (Å²) in [4.78, 5) is 0. The highest BCUT2D eigenvalue weighted by atomic mass is 16.3. The summed E-state index contributed by atoms with van der Waals surface area (Å²) >= 11 is 0. The molecule has 3 aliphatic carbocycles. The summed E-state index contributed by atoms with van der Waals surface area (Å²) < 4.78 is 0. The highest BCUT2D eigenvalue weighted by molar-refractivity contribution is 5.38. The highest BCUT2D eigenvalue weighted by Crippen LogP contribution is 2.59. The molecule has 0 unspecified atom stereocenters. The minimum absolute atomic E-state index is 0.420. The number of hydrogen-bond acceptors (Lipinski definition) is 2. The molecule has 164 valence electrons. The first-order valence-corrected chi connectivity index (χ1v) is 12.2. The van der Waals surface area contributed by atoms with Crippen LogP contribution < -0.4 is 0 Å². The Morgan fingerprint density at radius 2 is 1.90 bits per heavy atom. The van der Waals surface area contributed by atoms with Gasteiger partial charge in [0.15, 0.2) is 0 Å². The Hall–Kier alpha value is -0.860. The second kappa shape index (κ2) is 9.52. The van der Waals surface area contributed by atoms with E-state index in [1.807, 2.05) is 0 Å². The van der Waals surface area contributed by atoms with Gasteiger partial charge in [0.25, 0.3) is 0 Å². The van der Waals surface area contributed by atoms with Crippen LogP contribution in [0.4, 0.5) is 0 Å². The average molecular weight is 401 g/mol. The van der Waals surface area contributed by atoms with Crippen LogP contribution in [-0.4, -0.2) is 22.4 Å². The predicted molar refractivity (Wildman–Crippen MR) is 123 cm³/mol. The molecule has 0 aliphatic heterocycles. The van der Waals surface area contributed by atoms with Gasteiger partial charge in [0.05, 0.1) is 12.2 Å². The molecule has 2 nitrogen and oxygen atoms in total. The van der Waals surface area contributed by atoms with Gasteiger partial charge >= 0.3 is 0 Å². The van der Waals surface area contributed by atoms with Crippen LogP contribution in [0.3, 0.4) is 0 Å². The predicted octanol–water partition coefficient (Wildman–Crippen LogP) is 6.59. The zero-order valence-electron chi connectivity index (χ0n) is 19.3. The van der Waals surface area contributed by atoms with Crippen molar-refractivity contribution in [1.82, 2.24) is 0 Å². The van der Waals surface area contributed by atoms with Gasteiger partial charge in [-0.3, -0.25) is 0 Å². The molecule has 6 atom stereocenters. The van der Waals surface area contributed by atoms with Gasteiger partial charge in [-0.1, -0.05) is 71.3 Å². The number of aliphatic hydroxyl groups is 2. The van der Waals surface area contributed by atoms with Crippen LogP contribution in [0.5, 0.6) is 0 Å². The maximum absolute atomic E-state index is 10.1. The van der Waals surface area contributed by atoms with E-state index < -0.39 is 12.2 Å². The molecule has 0 radical (unpaired) electrons. The zero-order valence-corrected chi connectivity index (χ0v) is 19.3. The molecule has 29 heavy (non-hydrogen) atoms. The van der Waals surface area contributed by atoms with Crippen LogP contribution in [0.15, 0.2) is 35.5 Å². The first kappa shape index (κ1) is 22.8. The van der Waals surface area contributed by atoms with Gasteiger partial charge in [-0.25, -0.2) is 0 Å². The lowest BCUT2D eigenvalue weighted by Gasteiger charge is -2.44. The minimum atomic E-state index is -0.595. The van der Waals surface area contributed by atoms with Gasteiger partial charge in [-0.15, -0.1) is 0 Å². The fourth-order valence-electron chi connectivity index (χ4n) is 6.73. The van der Waals surface area contributed by atoms with Gasteiger partial charge in [0, 0.05) is 6.42 Å². The molecule has 3 aliphatic rings. The lowest BCUT2D eigenvalue weighted by Crippen LogP contribution is -2.36. The molecule has 0 aromatic heterocycles. The molecular weight excluding hydrogens is 356 g/mol. The van der Waals surface area contributed by atoms with Crippen LogP contribution in [0.25, 0.3) is 0 Å². The Balaban J connectivity index is 1.71. The summed E-state index contributed by atoms with van der Waals surface area (Å²) in [6, 6.07) is 0. The summed E-state index contributed by atoms with van der Waals surface area (Å²) in [5.41, 5.74) is 3.88. The van der Waals surface area contributed by atoms with Crippen molar-refractivity contribution in [3.05, 3.63) is 35.5 Å². The normalized spacial score (nSPS) is 39.3. The monoisotopic (exact) mass is 400 g/mol. The molecule has 0 spiro atoms. The third kappa shape index (κ3) is 5.07. The molecule has 0 heterocycles. The molecule has 3 saturated carbocycles. The number of hydrogen-bond donors (Lipinski definition) is 2. The molecule has 3 rings (SSSR count). The highest BCUT2D eigenvalue weighted by Gasteiger charge is 2.50. The van der Waals surface area contributed by atoms with Gasteiger partial charge in [-0.2, -0.15) is 0 Å². The summed E-state index contributed by atoms with van der Waals surface area (Å²) in [5.74, 6) is 3.20. The summed E-state index contributed by atoms with van der Waals surface area (Å²) in [6.45, 7) is 13.8. The number of aliphatic hydroxyl groups excluding tert-OH is 2. The summed E-state index contributed by atoms with van der Waals surface area (Å²) in [7, 11) is 0.